The second-order valence-electron chi connectivity index (χ2n) is 4.13. The molecule has 2 amide bonds. The summed E-state index contributed by atoms with van der Waals surface area (Å²) in [7, 11) is 0. The van der Waals surface area contributed by atoms with Crippen molar-refractivity contribution in [3.63, 3.8) is 0 Å². The van der Waals surface area contributed by atoms with Crippen LogP contribution in [-0.2, 0) is 9.59 Å². The van der Waals surface area contributed by atoms with Gasteiger partial charge in [-0.1, -0.05) is 6.92 Å². The van der Waals surface area contributed by atoms with E-state index in [0.29, 0.717) is 0 Å². The standard InChI is InChI=1S/C11H23N3O2.ClH/c1-5-6-12-7-10(15)14-9(4)11(16)13-8(2)3;/h8-9,12H,5-7H2,1-4H3,(H,13,16)(H,14,15);1H. The SMILES string of the molecule is CCCNCC(=O)NC(C)C(=O)NC(C)C.Cl. The fourth-order valence-electron chi connectivity index (χ4n) is 1.15. The molecule has 0 saturated heterocycles. The number of hydrogen-bond donors (Lipinski definition) is 3. The first kappa shape index (κ1) is 18.6. The monoisotopic (exact) mass is 265 g/mol. The van der Waals surface area contributed by atoms with Gasteiger partial charge in [0.2, 0.25) is 11.8 Å². The molecule has 0 spiro atoms. The number of amides is 2. The van der Waals surface area contributed by atoms with Gasteiger partial charge < -0.3 is 16.0 Å². The molecule has 0 aliphatic heterocycles. The molecular weight excluding hydrogens is 242 g/mol. The Morgan fingerprint density at radius 1 is 1.12 bits per heavy atom. The molecule has 0 saturated carbocycles. The molecule has 0 heterocycles. The predicted molar refractivity (Wildman–Crippen MR) is 71.3 cm³/mol. The zero-order valence-corrected chi connectivity index (χ0v) is 11.8. The van der Waals surface area contributed by atoms with E-state index in [1.165, 1.54) is 0 Å². The average Bonchev–Trinajstić information content (AvgIpc) is 2.16. The normalized spacial score (nSPS) is 11.6. The lowest BCUT2D eigenvalue weighted by Gasteiger charge is -2.16. The Kier molecular flexibility index (Phi) is 11.3. The molecule has 102 valence electrons. The summed E-state index contributed by atoms with van der Waals surface area (Å²) in [4.78, 5) is 22.8. The number of halogens is 1. The highest BCUT2D eigenvalue weighted by molar-refractivity contribution is 5.88. The van der Waals surface area contributed by atoms with Crippen molar-refractivity contribution < 1.29 is 9.59 Å². The maximum absolute atomic E-state index is 11.5. The van der Waals surface area contributed by atoms with Crippen LogP contribution < -0.4 is 16.0 Å². The molecule has 0 aromatic rings. The molecule has 0 aromatic carbocycles. The lowest BCUT2D eigenvalue weighted by Crippen LogP contribution is -2.48. The third-order valence-electron chi connectivity index (χ3n) is 1.91. The molecule has 1 unspecified atom stereocenters. The molecule has 5 nitrogen and oxygen atoms in total. The molecule has 3 N–H and O–H groups in total. The molecule has 0 aliphatic rings. The van der Waals surface area contributed by atoms with Gasteiger partial charge in [-0.3, -0.25) is 9.59 Å². The van der Waals surface area contributed by atoms with Crippen LogP contribution in [0.3, 0.4) is 0 Å². The Morgan fingerprint density at radius 3 is 2.18 bits per heavy atom. The summed E-state index contributed by atoms with van der Waals surface area (Å²) < 4.78 is 0. The maximum atomic E-state index is 11.5. The van der Waals surface area contributed by atoms with Crippen molar-refractivity contribution in [1.82, 2.24) is 16.0 Å². The van der Waals surface area contributed by atoms with Gasteiger partial charge in [-0.25, -0.2) is 0 Å². The van der Waals surface area contributed by atoms with Crippen LogP contribution in [0.2, 0.25) is 0 Å². The Balaban J connectivity index is 0. The average molecular weight is 266 g/mol. The Hall–Kier alpha value is -0.810. The van der Waals surface area contributed by atoms with Crippen LogP contribution in [0, 0.1) is 0 Å². The van der Waals surface area contributed by atoms with Crippen LogP contribution in [0.4, 0.5) is 0 Å². The first-order valence-corrected chi connectivity index (χ1v) is 5.77. The van der Waals surface area contributed by atoms with Crippen LogP contribution >= 0.6 is 12.4 Å². The van der Waals surface area contributed by atoms with Crippen LogP contribution in [0.25, 0.3) is 0 Å². The topological polar surface area (TPSA) is 70.2 Å². The fourth-order valence-corrected chi connectivity index (χ4v) is 1.15. The number of rotatable bonds is 7. The summed E-state index contributed by atoms with van der Waals surface area (Å²) in [5.41, 5.74) is 0. The lowest BCUT2D eigenvalue weighted by atomic mass is 10.3. The smallest absolute Gasteiger partial charge is 0.242 e. The molecule has 0 aromatic heterocycles. The minimum absolute atomic E-state index is 0. The van der Waals surface area contributed by atoms with Gasteiger partial charge in [0.05, 0.1) is 6.54 Å². The minimum atomic E-state index is -0.488. The summed E-state index contributed by atoms with van der Waals surface area (Å²) in [5.74, 6) is -0.307. The van der Waals surface area contributed by atoms with Crippen molar-refractivity contribution in [3.8, 4) is 0 Å². The van der Waals surface area contributed by atoms with Crippen LogP contribution in [0.15, 0.2) is 0 Å². The molecule has 6 heteroatoms. The molecular formula is C11H24ClN3O2. The molecule has 0 aliphatic carbocycles. The van der Waals surface area contributed by atoms with Crippen molar-refractivity contribution >= 4 is 24.2 Å². The van der Waals surface area contributed by atoms with Crippen LogP contribution in [0.1, 0.15) is 34.1 Å². The van der Waals surface area contributed by atoms with Gasteiger partial charge in [0.25, 0.3) is 0 Å². The van der Waals surface area contributed by atoms with Crippen LogP contribution in [-0.4, -0.2) is 37.0 Å². The highest BCUT2D eigenvalue weighted by atomic mass is 35.5. The van der Waals surface area contributed by atoms with Gasteiger partial charge in [-0.2, -0.15) is 0 Å². The van der Waals surface area contributed by atoms with Gasteiger partial charge in [0.1, 0.15) is 6.04 Å². The molecule has 17 heavy (non-hydrogen) atoms. The van der Waals surface area contributed by atoms with Crippen molar-refractivity contribution in [1.29, 1.82) is 0 Å². The zero-order valence-electron chi connectivity index (χ0n) is 11.0. The summed E-state index contributed by atoms with van der Waals surface area (Å²) in [6, 6.07) is -0.400. The third kappa shape index (κ3) is 10.1. The van der Waals surface area contributed by atoms with E-state index < -0.39 is 6.04 Å². The number of carbonyl (C=O) groups excluding carboxylic acids is 2. The summed E-state index contributed by atoms with van der Waals surface area (Å²) in [6.45, 7) is 8.54. The molecule has 0 fully saturated rings. The third-order valence-corrected chi connectivity index (χ3v) is 1.91. The zero-order chi connectivity index (χ0) is 12.6. The first-order valence-electron chi connectivity index (χ1n) is 5.77. The second-order valence-corrected chi connectivity index (χ2v) is 4.13. The molecule has 1 atom stereocenters. The highest BCUT2D eigenvalue weighted by Gasteiger charge is 2.15. The van der Waals surface area contributed by atoms with E-state index in [1.54, 1.807) is 6.92 Å². The van der Waals surface area contributed by atoms with Crippen molar-refractivity contribution in [2.45, 2.75) is 46.2 Å². The van der Waals surface area contributed by atoms with E-state index >= 15 is 0 Å². The largest absolute Gasteiger partial charge is 0.352 e. The summed E-state index contributed by atoms with van der Waals surface area (Å²) >= 11 is 0. The molecule has 0 bridgehead atoms. The molecule has 0 radical (unpaired) electrons. The van der Waals surface area contributed by atoms with E-state index in [0.717, 1.165) is 13.0 Å². The number of nitrogens with one attached hydrogen (secondary N) is 3. The van der Waals surface area contributed by atoms with Crippen molar-refractivity contribution in [2.24, 2.45) is 0 Å². The van der Waals surface area contributed by atoms with Crippen LogP contribution in [0.5, 0.6) is 0 Å². The Labute approximate surface area is 110 Å². The van der Waals surface area contributed by atoms with E-state index in [2.05, 4.69) is 16.0 Å². The number of hydrogen-bond acceptors (Lipinski definition) is 3. The van der Waals surface area contributed by atoms with E-state index in [-0.39, 0.29) is 36.8 Å². The fraction of sp³-hybridized carbons (Fsp3) is 0.818. The van der Waals surface area contributed by atoms with Gasteiger partial charge in [-0.15, -0.1) is 12.4 Å². The summed E-state index contributed by atoms with van der Waals surface area (Å²) in [6.07, 6.45) is 0.983. The van der Waals surface area contributed by atoms with E-state index in [4.69, 9.17) is 0 Å². The van der Waals surface area contributed by atoms with E-state index in [9.17, 15) is 9.59 Å². The highest BCUT2D eigenvalue weighted by Crippen LogP contribution is 1.85. The Bertz CT molecular complexity index is 235. The first-order chi connectivity index (χ1) is 7.47. The summed E-state index contributed by atoms with van der Waals surface area (Å²) in [5, 5.41) is 8.35. The van der Waals surface area contributed by atoms with Crippen molar-refractivity contribution in [2.75, 3.05) is 13.1 Å². The number of carbonyl (C=O) groups is 2. The second kappa shape index (κ2) is 10.4. The Morgan fingerprint density at radius 2 is 1.71 bits per heavy atom. The minimum Gasteiger partial charge on any atom is -0.352 e. The quantitative estimate of drug-likeness (QED) is 0.585. The lowest BCUT2D eigenvalue weighted by molar-refractivity contribution is -0.128. The maximum Gasteiger partial charge on any atom is 0.242 e. The molecule has 0 rings (SSSR count). The predicted octanol–water partition coefficient (Wildman–Crippen LogP) is 0.437. The van der Waals surface area contributed by atoms with Gasteiger partial charge in [0, 0.05) is 6.04 Å². The van der Waals surface area contributed by atoms with Gasteiger partial charge in [0.15, 0.2) is 0 Å². The van der Waals surface area contributed by atoms with Gasteiger partial charge >= 0.3 is 0 Å². The van der Waals surface area contributed by atoms with Crippen molar-refractivity contribution in [3.05, 3.63) is 0 Å². The van der Waals surface area contributed by atoms with Gasteiger partial charge in [-0.05, 0) is 33.7 Å². The van der Waals surface area contributed by atoms with E-state index in [1.807, 2.05) is 20.8 Å².